The van der Waals surface area contributed by atoms with Crippen LogP contribution in [0.1, 0.15) is 33.6 Å². The van der Waals surface area contributed by atoms with Crippen LogP contribution in [0.3, 0.4) is 0 Å². The van der Waals surface area contributed by atoms with E-state index in [-0.39, 0.29) is 0 Å². The van der Waals surface area contributed by atoms with E-state index in [2.05, 4.69) is 0 Å². The highest BCUT2D eigenvalue weighted by atomic mass is 19.3. The van der Waals surface area contributed by atoms with E-state index in [0.717, 1.165) is 6.42 Å². The van der Waals surface area contributed by atoms with Crippen molar-refractivity contribution in [2.45, 2.75) is 45.6 Å². The molecule has 0 N–H and O–H groups in total. The zero-order valence-electron chi connectivity index (χ0n) is 7.36. The number of alkyl halides is 2. The molecule has 0 bridgehead atoms. The number of ether oxygens (including phenoxy) is 1. The summed E-state index contributed by atoms with van der Waals surface area (Å²) in [4.78, 5) is 0. The molecule has 1 saturated heterocycles. The molecule has 1 unspecified atom stereocenters. The SMILES string of the molecule is CC.CC1(C(F)F)CCCO1. The minimum absolute atomic E-state index is 0.487. The lowest BCUT2D eigenvalue weighted by Crippen LogP contribution is -2.32. The molecule has 0 aromatic heterocycles. The number of rotatable bonds is 1. The minimum Gasteiger partial charge on any atom is -0.369 e. The summed E-state index contributed by atoms with van der Waals surface area (Å²) in [7, 11) is 0. The Kier molecular flexibility index (Phi) is 4.57. The van der Waals surface area contributed by atoms with Crippen LogP contribution in [0.15, 0.2) is 0 Å². The van der Waals surface area contributed by atoms with Gasteiger partial charge in [0.05, 0.1) is 0 Å². The molecule has 0 saturated carbocycles. The van der Waals surface area contributed by atoms with E-state index >= 15 is 0 Å². The van der Waals surface area contributed by atoms with Crippen molar-refractivity contribution in [2.24, 2.45) is 0 Å². The Hall–Kier alpha value is -0.180. The van der Waals surface area contributed by atoms with Crippen LogP contribution in [0.5, 0.6) is 0 Å². The highest BCUT2D eigenvalue weighted by Crippen LogP contribution is 2.30. The van der Waals surface area contributed by atoms with E-state index in [1.54, 1.807) is 0 Å². The van der Waals surface area contributed by atoms with Crippen LogP contribution in [-0.2, 0) is 4.74 Å². The van der Waals surface area contributed by atoms with Crippen molar-refractivity contribution < 1.29 is 13.5 Å². The van der Waals surface area contributed by atoms with Crippen LogP contribution in [0, 0.1) is 0 Å². The molecule has 1 fully saturated rings. The van der Waals surface area contributed by atoms with Gasteiger partial charge in [-0.15, -0.1) is 0 Å². The van der Waals surface area contributed by atoms with Crippen molar-refractivity contribution in [3.63, 3.8) is 0 Å². The van der Waals surface area contributed by atoms with Gasteiger partial charge in [0.1, 0.15) is 5.60 Å². The summed E-state index contributed by atoms with van der Waals surface area (Å²) in [6, 6.07) is 0. The highest BCUT2D eigenvalue weighted by molar-refractivity contribution is 4.82. The quantitative estimate of drug-likeness (QED) is 0.582. The third kappa shape index (κ3) is 2.73. The molecule has 1 aliphatic heterocycles. The van der Waals surface area contributed by atoms with Gasteiger partial charge in [-0.3, -0.25) is 0 Å². The average molecular weight is 166 g/mol. The normalized spacial score (nSPS) is 30.0. The van der Waals surface area contributed by atoms with Crippen LogP contribution in [0.25, 0.3) is 0 Å². The van der Waals surface area contributed by atoms with Crippen molar-refractivity contribution in [1.29, 1.82) is 0 Å². The smallest absolute Gasteiger partial charge is 0.266 e. The van der Waals surface area contributed by atoms with Crippen molar-refractivity contribution in [3.8, 4) is 0 Å². The van der Waals surface area contributed by atoms with Crippen LogP contribution in [-0.4, -0.2) is 18.6 Å². The molecule has 0 amide bonds. The van der Waals surface area contributed by atoms with E-state index in [9.17, 15) is 8.78 Å². The lowest BCUT2D eigenvalue weighted by atomic mass is 10.0. The van der Waals surface area contributed by atoms with Gasteiger partial charge >= 0.3 is 0 Å². The van der Waals surface area contributed by atoms with Crippen molar-refractivity contribution in [2.75, 3.05) is 6.61 Å². The van der Waals surface area contributed by atoms with Gasteiger partial charge in [0.2, 0.25) is 0 Å². The summed E-state index contributed by atoms with van der Waals surface area (Å²) in [5, 5.41) is 0. The second kappa shape index (κ2) is 4.65. The topological polar surface area (TPSA) is 9.23 Å². The maximum Gasteiger partial charge on any atom is 0.266 e. The van der Waals surface area contributed by atoms with Gasteiger partial charge in [0.25, 0.3) is 6.43 Å². The van der Waals surface area contributed by atoms with Gasteiger partial charge in [-0.25, -0.2) is 8.78 Å². The van der Waals surface area contributed by atoms with Crippen molar-refractivity contribution in [1.82, 2.24) is 0 Å². The molecule has 0 aromatic carbocycles. The molecule has 68 valence electrons. The van der Waals surface area contributed by atoms with Gasteiger partial charge in [0, 0.05) is 6.61 Å². The fraction of sp³-hybridized carbons (Fsp3) is 1.00. The summed E-state index contributed by atoms with van der Waals surface area (Å²) in [5.74, 6) is 0. The summed E-state index contributed by atoms with van der Waals surface area (Å²) in [5.41, 5.74) is -1.14. The fourth-order valence-electron chi connectivity index (χ4n) is 0.973. The molecule has 11 heavy (non-hydrogen) atoms. The first-order valence-electron chi connectivity index (χ1n) is 4.07. The third-order valence-corrected chi connectivity index (χ3v) is 1.71. The third-order valence-electron chi connectivity index (χ3n) is 1.71. The summed E-state index contributed by atoms with van der Waals surface area (Å²) in [6.45, 7) is 5.95. The van der Waals surface area contributed by atoms with E-state index in [1.807, 2.05) is 13.8 Å². The van der Waals surface area contributed by atoms with E-state index in [4.69, 9.17) is 4.74 Å². The molecule has 1 heterocycles. The Bertz CT molecular complexity index is 98.3. The molecule has 0 radical (unpaired) electrons. The second-order valence-corrected chi connectivity index (χ2v) is 2.57. The van der Waals surface area contributed by atoms with Gasteiger partial charge in [-0.1, -0.05) is 13.8 Å². The molecule has 1 rings (SSSR count). The molecular formula is C8H16F2O. The van der Waals surface area contributed by atoms with Gasteiger partial charge in [-0.2, -0.15) is 0 Å². The standard InChI is InChI=1S/C6H10F2O.C2H6/c1-6(5(7)8)3-2-4-9-6;1-2/h5H,2-4H2,1H3;1-2H3. The Labute approximate surface area is 66.7 Å². The lowest BCUT2D eigenvalue weighted by Gasteiger charge is -2.20. The first kappa shape index (κ1) is 10.8. The monoisotopic (exact) mass is 166 g/mol. The Morgan fingerprint density at radius 1 is 1.36 bits per heavy atom. The lowest BCUT2D eigenvalue weighted by molar-refractivity contribution is -0.0963. The minimum atomic E-state index is -2.33. The summed E-state index contributed by atoms with van der Waals surface area (Å²) >= 11 is 0. The molecule has 1 aliphatic rings. The predicted octanol–water partition coefficient (Wildman–Crippen LogP) is 2.85. The van der Waals surface area contributed by atoms with Crippen LogP contribution in [0.2, 0.25) is 0 Å². The summed E-state index contributed by atoms with van der Waals surface area (Å²) in [6.07, 6.45) is -1.08. The fourth-order valence-corrected chi connectivity index (χ4v) is 0.973. The first-order chi connectivity index (χ1) is 5.15. The second-order valence-electron chi connectivity index (χ2n) is 2.57. The van der Waals surface area contributed by atoms with E-state index in [0.29, 0.717) is 13.0 Å². The van der Waals surface area contributed by atoms with Gasteiger partial charge in [-0.05, 0) is 19.8 Å². The highest BCUT2D eigenvalue weighted by Gasteiger charge is 2.38. The van der Waals surface area contributed by atoms with Crippen molar-refractivity contribution in [3.05, 3.63) is 0 Å². The van der Waals surface area contributed by atoms with Gasteiger partial charge in [0.15, 0.2) is 0 Å². The first-order valence-corrected chi connectivity index (χ1v) is 4.07. The Morgan fingerprint density at radius 3 is 2.09 bits per heavy atom. The van der Waals surface area contributed by atoms with Crippen LogP contribution in [0.4, 0.5) is 8.78 Å². The molecule has 0 aliphatic carbocycles. The molecule has 1 nitrogen and oxygen atoms in total. The number of hydrogen-bond acceptors (Lipinski definition) is 1. The summed E-state index contributed by atoms with van der Waals surface area (Å²) < 4.78 is 28.9. The van der Waals surface area contributed by atoms with Gasteiger partial charge < -0.3 is 4.74 Å². The predicted molar refractivity (Wildman–Crippen MR) is 40.9 cm³/mol. The maximum atomic E-state index is 12.0. The zero-order valence-corrected chi connectivity index (χ0v) is 7.36. The maximum absolute atomic E-state index is 12.0. The van der Waals surface area contributed by atoms with E-state index < -0.39 is 12.0 Å². The number of halogens is 2. The molecular weight excluding hydrogens is 150 g/mol. The Balaban J connectivity index is 0.000000461. The average Bonchev–Trinajstić information content (AvgIpc) is 2.42. The van der Waals surface area contributed by atoms with Crippen LogP contribution >= 0.6 is 0 Å². The Morgan fingerprint density at radius 2 is 1.91 bits per heavy atom. The zero-order chi connectivity index (χ0) is 8.91. The number of hydrogen-bond donors (Lipinski definition) is 0. The molecule has 0 aromatic rings. The van der Waals surface area contributed by atoms with Crippen molar-refractivity contribution >= 4 is 0 Å². The molecule has 0 spiro atoms. The van der Waals surface area contributed by atoms with E-state index in [1.165, 1.54) is 6.92 Å². The molecule has 3 heteroatoms. The largest absolute Gasteiger partial charge is 0.369 e. The molecule has 1 atom stereocenters. The van der Waals surface area contributed by atoms with Crippen LogP contribution < -0.4 is 0 Å².